The molecule has 4 nitrogen and oxygen atoms in total. The average Bonchev–Trinajstić information content (AvgIpc) is 2.77. The Morgan fingerprint density at radius 2 is 2.06 bits per heavy atom. The van der Waals surface area contributed by atoms with Crippen LogP contribution >= 0.6 is 0 Å². The summed E-state index contributed by atoms with van der Waals surface area (Å²) in [5.41, 5.74) is 6.31. The van der Waals surface area contributed by atoms with Crippen molar-refractivity contribution in [2.45, 2.75) is 44.8 Å². The van der Waals surface area contributed by atoms with Crippen LogP contribution in [0, 0.1) is 5.41 Å². The quantitative estimate of drug-likeness (QED) is 0.757. The van der Waals surface area contributed by atoms with Crippen molar-refractivity contribution in [1.29, 1.82) is 0 Å². The Morgan fingerprint density at radius 3 is 2.65 bits per heavy atom. The highest BCUT2D eigenvalue weighted by Crippen LogP contribution is 2.38. The predicted molar refractivity (Wildman–Crippen MR) is 67.8 cm³/mol. The van der Waals surface area contributed by atoms with E-state index >= 15 is 0 Å². The van der Waals surface area contributed by atoms with Crippen molar-refractivity contribution in [3.63, 3.8) is 0 Å². The lowest BCUT2D eigenvalue weighted by Gasteiger charge is -2.41. The Labute approximate surface area is 104 Å². The smallest absolute Gasteiger partial charge is 0.0936 e. The third kappa shape index (κ3) is 3.19. The van der Waals surface area contributed by atoms with Crippen LogP contribution in [-0.2, 0) is 4.74 Å². The average molecular weight is 242 g/mol. The number of nitrogens with zero attached hydrogens (tertiary/aromatic N) is 1. The summed E-state index contributed by atoms with van der Waals surface area (Å²) in [5, 5.41) is 9.23. The van der Waals surface area contributed by atoms with Crippen molar-refractivity contribution >= 4 is 0 Å². The van der Waals surface area contributed by atoms with Gasteiger partial charge in [-0.25, -0.2) is 0 Å². The Morgan fingerprint density at radius 1 is 1.35 bits per heavy atom. The molecule has 4 heteroatoms. The van der Waals surface area contributed by atoms with Crippen LogP contribution in [0.3, 0.4) is 0 Å². The van der Waals surface area contributed by atoms with Crippen LogP contribution in [0.15, 0.2) is 0 Å². The second-order valence-corrected chi connectivity index (χ2v) is 5.86. The van der Waals surface area contributed by atoms with Crippen LogP contribution in [-0.4, -0.2) is 55.0 Å². The minimum Gasteiger partial charge on any atom is -0.394 e. The second-order valence-electron chi connectivity index (χ2n) is 5.86. The van der Waals surface area contributed by atoms with Crippen LogP contribution in [0.4, 0.5) is 0 Å². The molecule has 2 aliphatic rings. The molecule has 3 N–H and O–H groups in total. The van der Waals surface area contributed by atoms with E-state index in [1.807, 2.05) is 0 Å². The summed E-state index contributed by atoms with van der Waals surface area (Å²) in [6.45, 7) is 5.89. The fourth-order valence-corrected chi connectivity index (χ4v) is 3.40. The van der Waals surface area contributed by atoms with E-state index in [0.717, 1.165) is 26.2 Å². The highest BCUT2D eigenvalue weighted by atomic mass is 16.5. The summed E-state index contributed by atoms with van der Waals surface area (Å²) < 4.78 is 5.67. The second kappa shape index (κ2) is 5.65. The molecule has 2 rings (SSSR count). The molecule has 0 aromatic rings. The Hall–Kier alpha value is -0.160. The summed E-state index contributed by atoms with van der Waals surface area (Å²) in [7, 11) is 0. The summed E-state index contributed by atoms with van der Waals surface area (Å²) in [5.74, 6) is 0. The summed E-state index contributed by atoms with van der Waals surface area (Å²) >= 11 is 0. The van der Waals surface area contributed by atoms with Gasteiger partial charge in [-0.15, -0.1) is 0 Å². The van der Waals surface area contributed by atoms with E-state index in [1.54, 1.807) is 0 Å². The first kappa shape index (κ1) is 13.3. The van der Waals surface area contributed by atoms with Crippen LogP contribution in [0.25, 0.3) is 0 Å². The van der Waals surface area contributed by atoms with Crippen molar-refractivity contribution < 1.29 is 9.84 Å². The Balaban J connectivity index is 1.92. The fraction of sp³-hybridized carbons (Fsp3) is 1.00. The normalized spacial score (nSPS) is 34.1. The van der Waals surface area contributed by atoms with Gasteiger partial charge in [0.15, 0.2) is 0 Å². The van der Waals surface area contributed by atoms with Crippen molar-refractivity contribution in [2.75, 3.05) is 32.8 Å². The molecule has 0 bridgehead atoms. The molecular weight excluding hydrogens is 216 g/mol. The zero-order chi connectivity index (χ0) is 12.3. The third-order valence-corrected chi connectivity index (χ3v) is 4.26. The molecule has 2 unspecified atom stereocenters. The number of hydrogen-bond donors (Lipinski definition) is 2. The molecule has 1 saturated heterocycles. The van der Waals surface area contributed by atoms with Crippen LogP contribution in [0.2, 0.25) is 0 Å². The van der Waals surface area contributed by atoms with E-state index in [-0.39, 0.29) is 18.8 Å². The van der Waals surface area contributed by atoms with Crippen molar-refractivity contribution in [2.24, 2.45) is 11.1 Å². The molecule has 17 heavy (non-hydrogen) atoms. The minimum absolute atomic E-state index is 0.0185. The number of hydrogen-bond acceptors (Lipinski definition) is 4. The molecule has 2 fully saturated rings. The lowest BCUT2D eigenvalue weighted by molar-refractivity contribution is -0.102. The molecule has 1 aliphatic heterocycles. The van der Waals surface area contributed by atoms with Crippen LogP contribution in [0.5, 0.6) is 0 Å². The van der Waals surface area contributed by atoms with Crippen LogP contribution < -0.4 is 5.73 Å². The van der Waals surface area contributed by atoms with Crippen molar-refractivity contribution in [3.8, 4) is 0 Å². The number of aliphatic hydroxyl groups is 1. The molecule has 0 aromatic carbocycles. The maximum absolute atomic E-state index is 9.23. The Bertz CT molecular complexity index is 242. The minimum atomic E-state index is -0.0185. The SMILES string of the molecule is CC1CN(CC2(CN)CCCC2)CC(CO)O1. The van der Waals surface area contributed by atoms with Gasteiger partial charge in [-0.1, -0.05) is 12.8 Å². The molecule has 0 amide bonds. The molecule has 0 aromatic heterocycles. The van der Waals surface area contributed by atoms with Gasteiger partial charge in [0.25, 0.3) is 0 Å². The zero-order valence-corrected chi connectivity index (χ0v) is 10.9. The molecule has 100 valence electrons. The van der Waals surface area contributed by atoms with Gasteiger partial charge in [0.2, 0.25) is 0 Å². The maximum atomic E-state index is 9.23. The first-order valence-electron chi connectivity index (χ1n) is 6.86. The first-order chi connectivity index (χ1) is 8.17. The predicted octanol–water partition coefficient (Wildman–Crippen LogP) is 0.587. The third-order valence-electron chi connectivity index (χ3n) is 4.26. The van der Waals surface area contributed by atoms with Gasteiger partial charge in [0.1, 0.15) is 0 Å². The zero-order valence-electron chi connectivity index (χ0n) is 10.9. The summed E-state index contributed by atoms with van der Waals surface area (Å²) in [6, 6.07) is 0. The van der Waals surface area contributed by atoms with Gasteiger partial charge in [-0.05, 0) is 31.7 Å². The number of ether oxygens (including phenoxy) is 1. The lowest BCUT2D eigenvalue weighted by Crippen LogP contribution is -2.52. The molecule has 1 aliphatic carbocycles. The van der Waals surface area contributed by atoms with Gasteiger partial charge in [-0.2, -0.15) is 0 Å². The number of aliphatic hydroxyl groups excluding tert-OH is 1. The molecule has 1 saturated carbocycles. The highest BCUT2D eigenvalue weighted by molar-refractivity contribution is 4.90. The molecule has 1 heterocycles. The van der Waals surface area contributed by atoms with Gasteiger partial charge in [0.05, 0.1) is 18.8 Å². The van der Waals surface area contributed by atoms with Gasteiger partial charge < -0.3 is 15.6 Å². The van der Waals surface area contributed by atoms with E-state index < -0.39 is 0 Å². The van der Waals surface area contributed by atoms with E-state index in [0.29, 0.717) is 5.41 Å². The van der Waals surface area contributed by atoms with Gasteiger partial charge in [0, 0.05) is 19.6 Å². The van der Waals surface area contributed by atoms with E-state index in [2.05, 4.69) is 11.8 Å². The fourth-order valence-electron chi connectivity index (χ4n) is 3.40. The van der Waals surface area contributed by atoms with Gasteiger partial charge >= 0.3 is 0 Å². The largest absolute Gasteiger partial charge is 0.394 e. The first-order valence-corrected chi connectivity index (χ1v) is 6.86. The highest BCUT2D eigenvalue weighted by Gasteiger charge is 2.36. The maximum Gasteiger partial charge on any atom is 0.0936 e. The Kier molecular flexibility index (Phi) is 4.42. The topological polar surface area (TPSA) is 58.7 Å². The summed E-state index contributed by atoms with van der Waals surface area (Å²) in [6.07, 6.45) is 5.37. The van der Waals surface area contributed by atoms with Crippen molar-refractivity contribution in [1.82, 2.24) is 4.90 Å². The monoisotopic (exact) mass is 242 g/mol. The molecule has 0 radical (unpaired) electrons. The lowest BCUT2D eigenvalue weighted by atomic mass is 9.85. The number of rotatable bonds is 4. The molecule has 0 spiro atoms. The van der Waals surface area contributed by atoms with E-state index in [4.69, 9.17) is 10.5 Å². The number of morpholine rings is 1. The molecule has 2 atom stereocenters. The number of nitrogens with two attached hydrogens (primary N) is 1. The standard InChI is InChI=1S/C13H26N2O2/c1-11-6-15(7-12(8-16)17-11)10-13(9-14)4-2-3-5-13/h11-12,16H,2-10,14H2,1H3. The van der Waals surface area contributed by atoms with E-state index in [9.17, 15) is 5.11 Å². The van der Waals surface area contributed by atoms with E-state index in [1.165, 1.54) is 25.7 Å². The van der Waals surface area contributed by atoms with Crippen molar-refractivity contribution in [3.05, 3.63) is 0 Å². The summed E-state index contributed by atoms with van der Waals surface area (Å²) in [4.78, 5) is 2.44. The van der Waals surface area contributed by atoms with Gasteiger partial charge in [-0.3, -0.25) is 4.90 Å². The molecular formula is C13H26N2O2. The van der Waals surface area contributed by atoms with Crippen LogP contribution in [0.1, 0.15) is 32.6 Å².